The number of carboxylic acid groups (broad SMARTS) is 2. The quantitative estimate of drug-likeness (QED) is 0.0541. The lowest BCUT2D eigenvalue weighted by molar-refractivity contribution is -0.138. The van der Waals surface area contributed by atoms with Crippen molar-refractivity contribution in [2.45, 2.75) is 72.8 Å². The summed E-state index contributed by atoms with van der Waals surface area (Å²) in [5, 5.41) is 35.2. The van der Waals surface area contributed by atoms with Gasteiger partial charge >= 0.3 is 11.9 Å². The van der Waals surface area contributed by atoms with Gasteiger partial charge in [-0.1, -0.05) is 54.1 Å². The van der Waals surface area contributed by atoms with E-state index >= 15 is 0 Å². The Bertz CT molecular complexity index is 2520. The van der Waals surface area contributed by atoms with E-state index in [1.165, 1.54) is 6.20 Å². The molecular formula is C46H46ClN5O6S. The van der Waals surface area contributed by atoms with Crippen molar-refractivity contribution in [3.8, 4) is 39.3 Å². The lowest BCUT2D eigenvalue weighted by atomic mass is 9.91. The number of fused-ring (bicyclic) bond motifs is 1. The summed E-state index contributed by atoms with van der Waals surface area (Å²) in [6, 6.07) is 24.2. The molecule has 11 nitrogen and oxygen atoms in total. The summed E-state index contributed by atoms with van der Waals surface area (Å²) in [7, 11) is 0. The summed E-state index contributed by atoms with van der Waals surface area (Å²) in [5.41, 5.74) is 11.7. The number of nitrogens with one attached hydrogen (secondary N) is 2. The molecule has 0 aliphatic rings. The molecule has 59 heavy (non-hydrogen) atoms. The Labute approximate surface area is 352 Å². The largest absolute Gasteiger partial charge is 0.488 e. The van der Waals surface area contributed by atoms with Crippen LogP contribution in [0.3, 0.4) is 0 Å². The Balaban J connectivity index is 1.20. The van der Waals surface area contributed by atoms with Gasteiger partial charge < -0.3 is 30.3 Å². The highest BCUT2D eigenvalue weighted by Gasteiger charge is 2.18. The molecular weight excluding hydrogens is 786 g/mol. The van der Waals surface area contributed by atoms with E-state index in [0.717, 1.165) is 70.9 Å². The normalized spacial score (nSPS) is 11.1. The van der Waals surface area contributed by atoms with Crippen LogP contribution in [-0.4, -0.2) is 45.2 Å². The summed E-state index contributed by atoms with van der Waals surface area (Å²) in [4.78, 5) is 31.1. The van der Waals surface area contributed by atoms with Gasteiger partial charge in [-0.25, -0.2) is 4.98 Å². The van der Waals surface area contributed by atoms with E-state index in [-0.39, 0.29) is 26.1 Å². The number of halogens is 1. The Morgan fingerprint density at radius 3 is 2.14 bits per heavy atom. The zero-order valence-electron chi connectivity index (χ0n) is 33.2. The van der Waals surface area contributed by atoms with Gasteiger partial charge in [0.15, 0.2) is 0 Å². The molecule has 0 spiro atoms. The lowest BCUT2D eigenvalue weighted by Gasteiger charge is -2.18. The van der Waals surface area contributed by atoms with Crippen LogP contribution in [-0.2, 0) is 35.9 Å². The highest BCUT2D eigenvalue weighted by molar-refractivity contribution is 7.21. The third-order valence-electron chi connectivity index (χ3n) is 10.2. The number of ether oxygens (including phenoxy) is 2. The van der Waals surface area contributed by atoms with E-state index in [0.29, 0.717) is 61.1 Å². The fourth-order valence-electron chi connectivity index (χ4n) is 6.84. The van der Waals surface area contributed by atoms with Crippen molar-refractivity contribution in [3.05, 3.63) is 129 Å². The SMILES string of the molecule is Cc1c(COc2cc(OCc3cncc(C#N)c3)c(CNCCCC(=O)O)cc2Cl)cccc1-c1cccc(-c2nc3c(C)c(CNCCCC(=O)O)ccc3s2)c1C. The number of rotatable bonds is 20. The van der Waals surface area contributed by atoms with Crippen LogP contribution in [0, 0.1) is 32.1 Å². The van der Waals surface area contributed by atoms with E-state index in [2.05, 4.69) is 78.9 Å². The smallest absolute Gasteiger partial charge is 0.303 e. The Morgan fingerprint density at radius 1 is 0.763 bits per heavy atom. The molecule has 0 saturated carbocycles. The second-order valence-corrected chi connectivity index (χ2v) is 15.7. The van der Waals surface area contributed by atoms with Gasteiger partial charge in [-0.2, -0.15) is 5.26 Å². The molecule has 0 saturated heterocycles. The average Bonchev–Trinajstić information content (AvgIpc) is 3.66. The second kappa shape index (κ2) is 20.2. The van der Waals surface area contributed by atoms with Crippen LogP contribution in [0.2, 0.25) is 5.02 Å². The van der Waals surface area contributed by atoms with E-state index in [1.54, 1.807) is 35.7 Å². The van der Waals surface area contributed by atoms with Gasteiger partial charge in [0.05, 0.1) is 20.8 Å². The molecule has 0 radical (unpaired) electrons. The zero-order chi connectivity index (χ0) is 41.9. The van der Waals surface area contributed by atoms with Gasteiger partial charge in [-0.15, -0.1) is 11.3 Å². The highest BCUT2D eigenvalue weighted by atomic mass is 35.5. The van der Waals surface area contributed by atoms with Gasteiger partial charge in [0.1, 0.15) is 35.8 Å². The fraction of sp³-hybridized carbons (Fsp3) is 0.283. The first-order valence-corrected chi connectivity index (χ1v) is 20.6. The van der Waals surface area contributed by atoms with Crippen molar-refractivity contribution in [2.75, 3.05) is 13.1 Å². The molecule has 0 aliphatic carbocycles. The van der Waals surface area contributed by atoms with Crippen molar-refractivity contribution in [2.24, 2.45) is 0 Å². The van der Waals surface area contributed by atoms with E-state index < -0.39 is 11.9 Å². The number of thiazole rings is 1. The Kier molecular flexibility index (Phi) is 14.7. The highest BCUT2D eigenvalue weighted by Crippen LogP contribution is 2.39. The zero-order valence-corrected chi connectivity index (χ0v) is 34.8. The van der Waals surface area contributed by atoms with Crippen LogP contribution in [0.25, 0.3) is 31.9 Å². The van der Waals surface area contributed by atoms with Gasteiger partial charge in [-0.05, 0) is 104 Å². The number of nitrogens with zero attached hydrogens (tertiary/aromatic N) is 3. The minimum atomic E-state index is -0.841. The molecule has 0 amide bonds. The summed E-state index contributed by atoms with van der Waals surface area (Å²) in [6.07, 6.45) is 4.43. The number of carboxylic acids is 2. The minimum Gasteiger partial charge on any atom is -0.488 e. The molecule has 2 heterocycles. The number of aromatic nitrogens is 2. The van der Waals surface area contributed by atoms with Crippen LogP contribution in [0.4, 0.5) is 0 Å². The first kappa shape index (κ1) is 42.8. The number of pyridine rings is 1. The standard InChI is InChI=1S/C46H46ClN5O6S/c1-28-34(27-58-41-20-40(57-26-32-18-31(21-48)22-51-23-32)35(19-39(41)47)25-50-17-7-13-44(55)56)8-4-9-36(28)37-10-5-11-38(30(37)3)46-52-45-29(2)33(14-15-42(45)59-46)24-49-16-6-12-43(53)54/h4-5,8-11,14-15,18-20,22-23,49-50H,6-7,12-13,16-17,24-27H2,1-3H3,(H,53,54)(H,55,56). The number of carbonyl (C=O) groups is 2. The fourth-order valence-corrected chi connectivity index (χ4v) is 8.19. The molecule has 0 atom stereocenters. The number of aliphatic carboxylic acids is 2. The Hall–Kier alpha value is -5.84. The summed E-state index contributed by atoms with van der Waals surface area (Å²) in [5.74, 6) is -0.631. The molecule has 13 heteroatoms. The summed E-state index contributed by atoms with van der Waals surface area (Å²) >= 11 is 8.48. The van der Waals surface area contributed by atoms with E-state index in [4.69, 9.17) is 36.3 Å². The van der Waals surface area contributed by atoms with Gasteiger partial charge in [0, 0.05) is 61.1 Å². The average molecular weight is 832 g/mol. The van der Waals surface area contributed by atoms with Crippen molar-refractivity contribution >= 4 is 45.1 Å². The van der Waals surface area contributed by atoms with Gasteiger partial charge in [0.2, 0.25) is 0 Å². The molecule has 6 rings (SSSR count). The molecule has 0 unspecified atom stereocenters. The summed E-state index contributed by atoms with van der Waals surface area (Å²) in [6.45, 7) is 8.94. The molecule has 0 aliphatic heterocycles. The summed E-state index contributed by atoms with van der Waals surface area (Å²) < 4.78 is 13.7. The molecule has 4 N–H and O–H groups in total. The van der Waals surface area contributed by atoms with Crippen molar-refractivity contribution < 1.29 is 29.3 Å². The molecule has 2 aromatic heterocycles. The molecule has 6 aromatic rings. The number of benzene rings is 4. The van der Waals surface area contributed by atoms with Crippen molar-refractivity contribution in [1.29, 1.82) is 5.26 Å². The maximum atomic E-state index is 11.0. The minimum absolute atomic E-state index is 0.0708. The predicted molar refractivity (Wildman–Crippen MR) is 231 cm³/mol. The van der Waals surface area contributed by atoms with Crippen LogP contribution in [0.1, 0.15) is 70.2 Å². The van der Waals surface area contributed by atoms with E-state index in [9.17, 15) is 14.9 Å². The van der Waals surface area contributed by atoms with Crippen molar-refractivity contribution in [3.63, 3.8) is 0 Å². The van der Waals surface area contributed by atoms with Crippen molar-refractivity contribution in [1.82, 2.24) is 20.6 Å². The van der Waals surface area contributed by atoms with Gasteiger partial charge in [0.25, 0.3) is 0 Å². The molecule has 0 fully saturated rings. The van der Waals surface area contributed by atoms with Crippen LogP contribution in [0.5, 0.6) is 11.5 Å². The number of nitriles is 1. The van der Waals surface area contributed by atoms with Crippen LogP contribution in [0.15, 0.2) is 79.1 Å². The molecule has 304 valence electrons. The first-order valence-electron chi connectivity index (χ1n) is 19.4. The Morgan fingerprint density at radius 2 is 1.42 bits per heavy atom. The first-order chi connectivity index (χ1) is 28.5. The third kappa shape index (κ3) is 11.0. The molecule has 0 bridgehead atoms. The lowest BCUT2D eigenvalue weighted by Crippen LogP contribution is -2.16. The monoisotopic (exact) mass is 831 g/mol. The maximum Gasteiger partial charge on any atom is 0.303 e. The number of hydrogen-bond acceptors (Lipinski definition) is 10. The second-order valence-electron chi connectivity index (χ2n) is 14.3. The number of aryl methyl sites for hydroxylation is 1. The maximum absolute atomic E-state index is 11.0. The third-order valence-corrected chi connectivity index (χ3v) is 11.5. The van der Waals surface area contributed by atoms with E-state index in [1.807, 2.05) is 12.1 Å². The van der Waals surface area contributed by atoms with Gasteiger partial charge in [-0.3, -0.25) is 14.6 Å². The predicted octanol–water partition coefficient (Wildman–Crippen LogP) is 9.54. The molecule has 4 aromatic carbocycles. The van der Waals surface area contributed by atoms with Crippen LogP contribution < -0.4 is 20.1 Å². The topological polar surface area (TPSA) is 167 Å². The van der Waals surface area contributed by atoms with Crippen LogP contribution >= 0.6 is 22.9 Å². The number of hydrogen-bond donors (Lipinski definition) is 4.